The van der Waals surface area contributed by atoms with Crippen molar-refractivity contribution in [1.82, 2.24) is 15.5 Å². The van der Waals surface area contributed by atoms with Crippen LogP contribution >= 0.6 is 0 Å². The molecule has 184 valence electrons. The van der Waals surface area contributed by atoms with Crippen LogP contribution in [0.15, 0.2) is 72.8 Å². The monoisotopic (exact) mass is 477 g/mol. The summed E-state index contributed by atoms with van der Waals surface area (Å²) in [6.45, 7) is 1.62. The van der Waals surface area contributed by atoms with Crippen LogP contribution in [0.4, 0.5) is 4.79 Å². The molecule has 0 aliphatic carbocycles. The van der Waals surface area contributed by atoms with Gasteiger partial charge in [0.2, 0.25) is 12.3 Å². The summed E-state index contributed by atoms with van der Waals surface area (Å²) in [6.07, 6.45) is -1.39. The number of nitrogens with zero attached hydrogens (tertiary/aromatic N) is 1. The van der Waals surface area contributed by atoms with Crippen molar-refractivity contribution in [2.75, 3.05) is 13.6 Å². The molecule has 0 spiro atoms. The van der Waals surface area contributed by atoms with Crippen molar-refractivity contribution < 1.29 is 24.2 Å². The van der Waals surface area contributed by atoms with E-state index in [1.165, 1.54) is 11.9 Å². The summed E-state index contributed by atoms with van der Waals surface area (Å²) >= 11 is 0. The largest absolute Gasteiger partial charge is 0.425 e. The highest BCUT2D eigenvalue weighted by Gasteiger charge is 2.30. The molecule has 3 amide bonds. The van der Waals surface area contributed by atoms with Gasteiger partial charge in [-0.1, -0.05) is 72.8 Å². The molecule has 35 heavy (non-hydrogen) atoms. The molecule has 3 atom stereocenters. The van der Waals surface area contributed by atoms with Crippen LogP contribution in [0.2, 0.25) is 0 Å². The summed E-state index contributed by atoms with van der Waals surface area (Å²) in [7, 11) is 1.48. The first-order chi connectivity index (χ1) is 16.9. The number of hydrogen-bond acceptors (Lipinski definition) is 5. The first-order valence-corrected chi connectivity index (χ1v) is 11.5. The van der Waals surface area contributed by atoms with Crippen molar-refractivity contribution >= 4 is 29.2 Å². The Hall–Kier alpha value is -3.91. The van der Waals surface area contributed by atoms with Gasteiger partial charge in [-0.15, -0.1) is 0 Å². The average molecular weight is 478 g/mol. The van der Waals surface area contributed by atoms with Crippen molar-refractivity contribution in [3.63, 3.8) is 0 Å². The number of ether oxygens (including phenoxy) is 1. The van der Waals surface area contributed by atoms with Crippen molar-refractivity contribution in [3.8, 4) is 0 Å². The Labute approximate surface area is 204 Å². The van der Waals surface area contributed by atoms with Crippen LogP contribution < -0.4 is 10.6 Å². The van der Waals surface area contributed by atoms with Crippen LogP contribution in [0.3, 0.4) is 0 Å². The van der Waals surface area contributed by atoms with Gasteiger partial charge in [0.25, 0.3) is 0 Å². The number of amides is 3. The van der Waals surface area contributed by atoms with Gasteiger partial charge >= 0.3 is 6.09 Å². The molecule has 3 rings (SSSR count). The number of hydrogen-bond donors (Lipinski definition) is 3. The zero-order valence-corrected chi connectivity index (χ0v) is 19.9. The van der Waals surface area contributed by atoms with Gasteiger partial charge in [0.15, 0.2) is 6.23 Å². The lowest BCUT2D eigenvalue weighted by Crippen LogP contribution is -2.51. The van der Waals surface area contributed by atoms with Crippen molar-refractivity contribution in [3.05, 3.63) is 83.9 Å². The zero-order chi connectivity index (χ0) is 25.2. The Morgan fingerprint density at radius 1 is 0.971 bits per heavy atom. The van der Waals surface area contributed by atoms with E-state index >= 15 is 0 Å². The van der Waals surface area contributed by atoms with Crippen LogP contribution in [0.25, 0.3) is 10.8 Å². The van der Waals surface area contributed by atoms with Crippen molar-refractivity contribution in [1.29, 1.82) is 0 Å². The quantitative estimate of drug-likeness (QED) is 0.291. The molecule has 0 fully saturated rings. The molecule has 3 N–H and O–H groups in total. The minimum Gasteiger partial charge on any atom is -0.425 e. The molecule has 0 heterocycles. The predicted octanol–water partition coefficient (Wildman–Crippen LogP) is 2.63. The summed E-state index contributed by atoms with van der Waals surface area (Å²) < 4.78 is 5.58. The van der Waals surface area contributed by atoms with Gasteiger partial charge in [0, 0.05) is 26.4 Å². The molecule has 0 aliphatic heterocycles. The van der Waals surface area contributed by atoms with Crippen LogP contribution in [0, 0.1) is 0 Å². The molecule has 3 unspecified atom stereocenters. The van der Waals surface area contributed by atoms with Gasteiger partial charge < -0.3 is 20.5 Å². The van der Waals surface area contributed by atoms with Crippen LogP contribution in [-0.2, 0) is 27.2 Å². The van der Waals surface area contributed by atoms with Gasteiger partial charge in [-0.2, -0.15) is 0 Å². The maximum absolute atomic E-state index is 13.0. The summed E-state index contributed by atoms with van der Waals surface area (Å²) in [5.74, 6) is -0.413. The standard InChI is InChI=1S/C27H31N3O5/c1-19(32)17-28-26(33)24(15-20-8-4-3-5-9-20)30(2)27(34)35-25(29-18-31)16-21-12-13-22-10-6-7-11-23(22)14-21/h3-14,18-19,24-25,32H,15-17H2,1-2H3,(H,28,33)(H,29,31). The van der Waals surface area contributed by atoms with E-state index in [0.717, 1.165) is 21.9 Å². The van der Waals surface area contributed by atoms with Crippen molar-refractivity contribution in [2.45, 2.75) is 38.1 Å². The Morgan fingerprint density at radius 2 is 1.66 bits per heavy atom. The van der Waals surface area contributed by atoms with E-state index in [4.69, 9.17) is 4.74 Å². The number of carbonyl (C=O) groups is 3. The Kier molecular flexibility index (Phi) is 9.20. The maximum Gasteiger partial charge on any atom is 0.412 e. The molecule has 8 nitrogen and oxygen atoms in total. The van der Waals surface area contributed by atoms with Gasteiger partial charge in [-0.05, 0) is 28.8 Å². The van der Waals surface area contributed by atoms with E-state index < -0.39 is 30.4 Å². The topological polar surface area (TPSA) is 108 Å². The second-order valence-electron chi connectivity index (χ2n) is 8.45. The third-order valence-corrected chi connectivity index (χ3v) is 5.63. The number of rotatable bonds is 11. The van der Waals surface area contributed by atoms with E-state index in [1.54, 1.807) is 6.92 Å². The van der Waals surface area contributed by atoms with Crippen molar-refractivity contribution in [2.24, 2.45) is 0 Å². The first kappa shape index (κ1) is 25.7. The molecule has 8 heteroatoms. The minimum atomic E-state index is -0.915. The van der Waals surface area contributed by atoms with E-state index in [-0.39, 0.29) is 19.4 Å². The highest BCUT2D eigenvalue weighted by molar-refractivity contribution is 5.86. The van der Waals surface area contributed by atoms with Crippen LogP contribution in [0.5, 0.6) is 0 Å². The Bertz CT molecular complexity index is 1140. The molecule has 0 saturated heterocycles. The minimum absolute atomic E-state index is 0.0598. The molecule has 3 aromatic carbocycles. The summed E-state index contributed by atoms with van der Waals surface area (Å²) in [5.41, 5.74) is 1.75. The highest BCUT2D eigenvalue weighted by atomic mass is 16.6. The molecule has 3 aromatic rings. The van der Waals surface area contributed by atoms with E-state index in [1.807, 2.05) is 72.8 Å². The summed E-state index contributed by atoms with van der Waals surface area (Å²) in [5, 5.41) is 16.9. The maximum atomic E-state index is 13.0. The average Bonchev–Trinajstić information content (AvgIpc) is 2.86. The number of benzene rings is 3. The van der Waals surface area contributed by atoms with E-state index in [9.17, 15) is 19.5 Å². The van der Waals surface area contributed by atoms with Gasteiger partial charge in [-0.25, -0.2) is 4.79 Å². The second kappa shape index (κ2) is 12.5. The number of likely N-dealkylation sites (N-methyl/N-ethyl adjacent to an activating group) is 1. The summed E-state index contributed by atoms with van der Waals surface area (Å²) in [6, 6.07) is 22.2. The number of nitrogens with one attached hydrogen (secondary N) is 2. The molecule has 0 bridgehead atoms. The van der Waals surface area contributed by atoms with Gasteiger partial charge in [0.1, 0.15) is 6.04 Å². The lowest BCUT2D eigenvalue weighted by atomic mass is 10.0. The molecule has 0 aromatic heterocycles. The zero-order valence-electron chi connectivity index (χ0n) is 19.9. The number of aliphatic hydroxyl groups is 1. The lowest BCUT2D eigenvalue weighted by Gasteiger charge is -2.29. The predicted molar refractivity (Wildman–Crippen MR) is 134 cm³/mol. The number of aliphatic hydroxyl groups excluding tert-OH is 1. The van der Waals surface area contributed by atoms with E-state index in [2.05, 4.69) is 10.6 Å². The van der Waals surface area contributed by atoms with E-state index in [0.29, 0.717) is 6.41 Å². The Balaban J connectivity index is 1.73. The molecule has 0 saturated carbocycles. The lowest BCUT2D eigenvalue weighted by molar-refractivity contribution is -0.126. The summed E-state index contributed by atoms with van der Waals surface area (Å²) in [4.78, 5) is 38.3. The fourth-order valence-electron chi connectivity index (χ4n) is 3.73. The molecular weight excluding hydrogens is 446 g/mol. The van der Waals surface area contributed by atoms with Gasteiger partial charge in [0.05, 0.1) is 6.10 Å². The fraction of sp³-hybridized carbons (Fsp3) is 0.296. The Morgan fingerprint density at radius 3 is 2.34 bits per heavy atom. The third kappa shape index (κ3) is 7.55. The van der Waals surface area contributed by atoms with Crippen LogP contribution in [-0.4, -0.2) is 60.4 Å². The first-order valence-electron chi connectivity index (χ1n) is 11.5. The SMILES string of the molecule is CC(O)CNC(=O)C(Cc1ccccc1)N(C)C(=O)OC(Cc1ccc2ccccc2c1)NC=O. The highest BCUT2D eigenvalue weighted by Crippen LogP contribution is 2.17. The number of fused-ring (bicyclic) bond motifs is 1. The third-order valence-electron chi connectivity index (χ3n) is 5.63. The number of carbonyl (C=O) groups excluding carboxylic acids is 3. The smallest absolute Gasteiger partial charge is 0.412 e. The molecular formula is C27H31N3O5. The van der Waals surface area contributed by atoms with Crippen LogP contribution in [0.1, 0.15) is 18.1 Å². The molecule has 0 radical (unpaired) electrons. The second-order valence-corrected chi connectivity index (χ2v) is 8.45. The molecule has 0 aliphatic rings. The van der Waals surface area contributed by atoms with Gasteiger partial charge in [-0.3, -0.25) is 14.5 Å². The fourth-order valence-corrected chi connectivity index (χ4v) is 3.73. The normalized spacial score (nSPS) is 13.3.